The maximum atomic E-state index is 12.7. The van der Waals surface area contributed by atoms with Gasteiger partial charge in [0.1, 0.15) is 5.82 Å². The lowest BCUT2D eigenvalue weighted by Crippen LogP contribution is -2.37. The summed E-state index contributed by atoms with van der Waals surface area (Å²) in [6.07, 6.45) is 3.09. The van der Waals surface area contributed by atoms with E-state index in [0.29, 0.717) is 40.6 Å². The molecule has 160 valence electrons. The number of aromatic nitrogens is 2. The first-order valence-electron chi connectivity index (χ1n) is 11.2. The average molecular weight is 424 g/mol. The number of amides is 1. The van der Waals surface area contributed by atoms with Crippen molar-refractivity contribution in [1.82, 2.24) is 14.9 Å². The largest absolute Gasteiger partial charge is 0.349 e. The van der Waals surface area contributed by atoms with Crippen LogP contribution in [-0.2, 0) is 0 Å². The van der Waals surface area contributed by atoms with Crippen molar-refractivity contribution >= 4 is 22.6 Å². The molecule has 0 radical (unpaired) electrons. The molecule has 1 N–H and O–H groups in total. The lowest BCUT2D eigenvalue weighted by Gasteiger charge is -2.23. The van der Waals surface area contributed by atoms with Crippen LogP contribution in [0.5, 0.6) is 0 Å². The van der Waals surface area contributed by atoms with Crippen LogP contribution < -0.4 is 5.32 Å². The standard InChI is InChI=1S/C26H25N5O/c1-4-22(30-26(32)17-7-5-16(14-27)6-8-17)25-20-12-19(13-21(20)25)31-15(2)29-23-10-9-18(28-3)11-24(23)31/h5-11,19-22,25H,4,12-13H2,1-2H3,(H,30,32)/t19?,20-,21+,22-,25?/m1/s1. The molecule has 1 amide bonds. The number of nitrogens with one attached hydrogen (secondary N) is 1. The Morgan fingerprint density at radius 3 is 2.62 bits per heavy atom. The van der Waals surface area contributed by atoms with Crippen molar-refractivity contribution in [3.63, 3.8) is 0 Å². The average Bonchev–Trinajstić information content (AvgIpc) is 3.14. The topological polar surface area (TPSA) is 75.1 Å². The molecular formula is C26H25N5O. The summed E-state index contributed by atoms with van der Waals surface area (Å²) in [5.74, 6) is 2.70. The molecule has 6 nitrogen and oxygen atoms in total. The summed E-state index contributed by atoms with van der Waals surface area (Å²) < 4.78 is 2.32. The minimum absolute atomic E-state index is 0.0639. The van der Waals surface area contributed by atoms with E-state index in [9.17, 15) is 4.79 Å². The highest BCUT2D eigenvalue weighted by atomic mass is 16.1. The first kappa shape index (κ1) is 20.3. The number of carbonyl (C=O) groups is 1. The van der Waals surface area contributed by atoms with Crippen LogP contribution >= 0.6 is 0 Å². The van der Waals surface area contributed by atoms with Crippen molar-refractivity contribution in [1.29, 1.82) is 5.26 Å². The highest BCUT2D eigenvalue weighted by molar-refractivity contribution is 5.94. The molecule has 5 atom stereocenters. The van der Waals surface area contributed by atoms with Gasteiger partial charge in [-0.15, -0.1) is 0 Å². The molecule has 6 heteroatoms. The van der Waals surface area contributed by atoms with Gasteiger partial charge in [0.15, 0.2) is 5.69 Å². The van der Waals surface area contributed by atoms with Crippen molar-refractivity contribution < 1.29 is 4.79 Å². The van der Waals surface area contributed by atoms with E-state index in [1.807, 2.05) is 25.1 Å². The first-order valence-corrected chi connectivity index (χ1v) is 11.2. The molecule has 0 bridgehead atoms. The van der Waals surface area contributed by atoms with E-state index in [1.54, 1.807) is 24.3 Å². The van der Waals surface area contributed by atoms with Gasteiger partial charge in [0.05, 0.1) is 29.2 Å². The van der Waals surface area contributed by atoms with Gasteiger partial charge in [-0.2, -0.15) is 5.26 Å². The zero-order valence-corrected chi connectivity index (χ0v) is 18.2. The molecule has 2 fully saturated rings. The lowest BCUT2D eigenvalue weighted by molar-refractivity contribution is 0.0927. The highest BCUT2D eigenvalue weighted by Gasteiger charge is 2.59. The molecule has 2 aromatic carbocycles. The lowest BCUT2D eigenvalue weighted by atomic mass is 9.98. The Balaban J connectivity index is 1.28. The molecule has 0 saturated heterocycles. The van der Waals surface area contributed by atoms with Crippen molar-refractivity contribution in [2.75, 3.05) is 0 Å². The summed E-state index contributed by atoms with van der Waals surface area (Å²) in [4.78, 5) is 21.0. The molecule has 1 aromatic heterocycles. The quantitative estimate of drug-likeness (QED) is 0.575. The van der Waals surface area contributed by atoms with Crippen molar-refractivity contribution in [2.24, 2.45) is 17.8 Å². The number of aryl methyl sites for hydroxylation is 1. The number of hydrogen-bond acceptors (Lipinski definition) is 3. The second kappa shape index (κ2) is 7.80. The van der Waals surface area contributed by atoms with E-state index in [-0.39, 0.29) is 11.9 Å². The van der Waals surface area contributed by atoms with Gasteiger partial charge in [-0.1, -0.05) is 13.0 Å². The van der Waals surface area contributed by atoms with Gasteiger partial charge in [0.2, 0.25) is 0 Å². The third-order valence-corrected chi connectivity index (χ3v) is 7.33. The van der Waals surface area contributed by atoms with Crippen LogP contribution in [0, 0.1) is 42.6 Å². The predicted octanol–water partition coefficient (Wildman–Crippen LogP) is 5.17. The maximum absolute atomic E-state index is 12.7. The summed E-state index contributed by atoms with van der Waals surface area (Å²) in [6, 6.07) is 15.2. The van der Waals surface area contributed by atoms with Crippen LogP contribution in [-0.4, -0.2) is 21.5 Å². The maximum Gasteiger partial charge on any atom is 0.251 e. The fourth-order valence-corrected chi connectivity index (χ4v) is 5.82. The monoisotopic (exact) mass is 423 g/mol. The number of benzene rings is 2. The number of hydrogen-bond donors (Lipinski definition) is 1. The SMILES string of the molecule is [C-]#[N+]c1ccc2nc(C)n(C3C[C@@H]4C([C@@H](CC)NC(=O)c5ccc(C#N)cc5)[C@@H]4C3)c2c1. The number of carbonyl (C=O) groups excluding carboxylic acids is 1. The van der Waals surface area contributed by atoms with Gasteiger partial charge >= 0.3 is 0 Å². The van der Waals surface area contributed by atoms with Gasteiger partial charge in [-0.05, 0) is 80.3 Å². The van der Waals surface area contributed by atoms with Gasteiger partial charge in [0.25, 0.3) is 5.91 Å². The van der Waals surface area contributed by atoms with E-state index < -0.39 is 0 Å². The molecule has 5 rings (SSSR count). The van der Waals surface area contributed by atoms with E-state index in [2.05, 4.69) is 27.7 Å². The van der Waals surface area contributed by atoms with Gasteiger partial charge < -0.3 is 9.88 Å². The second-order valence-electron chi connectivity index (χ2n) is 9.02. The summed E-state index contributed by atoms with van der Waals surface area (Å²) in [6.45, 7) is 11.5. The van der Waals surface area contributed by atoms with Gasteiger partial charge in [-0.3, -0.25) is 4.79 Å². The molecule has 3 aromatic rings. The van der Waals surface area contributed by atoms with Crippen molar-refractivity contribution in [3.8, 4) is 6.07 Å². The summed E-state index contributed by atoms with van der Waals surface area (Å²) >= 11 is 0. The minimum Gasteiger partial charge on any atom is -0.349 e. The predicted molar refractivity (Wildman–Crippen MR) is 122 cm³/mol. The molecule has 0 spiro atoms. The fourth-order valence-electron chi connectivity index (χ4n) is 5.82. The van der Waals surface area contributed by atoms with E-state index in [0.717, 1.165) is 36.1 Å². The second-order valence-corrected chi connectivity index (χ2v) is 9.02. The Kier molecular flexibility index (Phi) is 4.94. The number of rotatable bonds is 5. The van der Waals surface area contributed by atoms with E-state index in [1.165, 1.54) is 0 Å². The van der Waals surface area contributed by atoms with Crippen LogP contribution in [0.4, 0.5) is 5.69 Å². The number of imidazole rings is 1. The van der Waals surface area contributed by atoms with E-state index in [4.69, 9.17) is 16.8 Å². The van der Waals surface area contributed by atoms with Crippen molar-refractivity contribution in [3.05, 3.63) is 70.8 Å². The molecule has 2 aliphatic rings. The van der Waals surface area contributed by atoms with E-state index >= 15 is 0 Å². The van der Waals surface area contributed by atoms with Crippen LogP contribution in [0.2, 0.25) is 0 Å². The summed E-state index contributed by atoms with van der Waals surface area (Å²) in [5, 5.41) is 12.2. The molecule has 32 heavy (non-hydrogen) atoms. The number of nitriles is 1. The Labute approximate surface area is 187 Å². The van der Waals surface area contributed by atoms with Crippen LogP contribution in [0.1, 0.15) is 54.0 Å². The third kappa shape index (κ3) is 3.33. The minimum atomic E-state index is -0.0639. The smallest absolute Gasteiger partial charge is 0.251 e. The molecule has 1 heterocycles. The van der Waals surface area contributed by atoms with Crippen molar-refractivity contribution in [2.45, 2.75) is 45.2 Å². The molecular weight excluding hydrogens is 398 g/mol. The van der Waals surface area contributed by atoms with Gasteiger partial charge in [-0.25, -0.2) is 9.83 Å². The highest BCUT2D eigenvalue weighted by Crippen LogP contribution is 2.63. The molecule has 2 saturated carbocycles. The van der Waals surface area contributed by atoms with Crippen LogP contribution in [0.15, 0.2) is 42.5 Å². The normalized spacial score (nSPS) is 24.4. The molecule has 2 aliphatic carbocycles. The van der Waals surface area contributed by atoms with Gasteiger partial charge in [0, 0.05) is 17.6 Å². The fraction of sp³-hybridized carbons (Fsp3) is 0.385. The summed E-state index contributed by atoms with van der Waals surface area (Å²) in [5.41, 5.74) is 3.81. The van der Waals surface area contributed by atoms with Crippen LogP contribution in [0.3, 0.4) is 0 Å². The third-order valence-electron chi connectivity index (χ3n) is 7.33. The van der Waals surface area contributed by atoms with Crippen LogP contribution in [0.25, 0.3) is 15.9 Å². The zero-order valence-electron chi connectivity index (χ0n) is 18.2. The zero-order chi connectivity index (χ0) is 22.4. The summed E-state index contributed by atoms with van der Waals surface area (Å²) in [7, 11) is 0. The Hall–Kier alpha value is -3.64. The molecule has 2 unspecified atom stereocenters. The Morgan fingerprint density at radius 2 is 2.00 bits per heavy atom. The molecule has 0 aliphatic heterocycles. The number of fused-ring (bicyclic) bond motifs is 2. The number of nitrogens with zero attached hydrogens (tertiary/aromatic N) is 4. The Morgan fingerprint density at radius 1 is 1.28 bits per heavy atom. The first-order chi connectivity index (χ1) is 15.5. The Bertz CT molecular complexity index is 1260.